The lowest BCUT2D eigenvalue weighted by atomic mass is 10.0. The van der Waals surface area contributed by atoms with Crippen LogP contribution < -0.4 is 4.74 Å². The molecule has 0 spiro atoms. The first-order chi connectivity index (χ1) is 13.6. The Kier molecular flexibility index (Phi) is 6.46. The van der Waals surface area contributed by atoms with E-state index in [2.05, 4.69) is 34.1 Å². The van der Waals surface area contributed by atoms with Crippen LogP contribution in [0.15, 0.2) is 71.2 Å². The molecule has 0 aliphatic rings. The lowest BCUT2D eigenvalue weighted by Gasteiger charge is -2.15. The number of halogens is 1. The van der Waals surface area contributed by atoms with Gasteiger partial charge in [0.2, 0.25) is 0 Å². The number of rotatable bonds is 7. The van der Waals surface area contributed by atoms with Crippen LogP contribution in [0.2, 0.25) is 0 Å². The summed E-state index contributed by atoms with van der Waals surface area (Å²) in [6.07, 6.45) is 1.59. The van der Waals surface area contributed by atoms with Crippen molar-refractivity contribution in [1.29, 1.82) is 5.26 Å². The summed E-state index contributed by atoms with van der Waals surface area (Å²) >= 11 is 3.42. The molecular weight excluding hydrogens is 418 g/mol. The smallest absolute Gasteiger partial charge is 0.335 e. The molecule has 0 amide bonds. The molecule has 0 radical (unpaired) electrons. The highest BCUT2D eigenvalue weighted by molar-refractivity contribution is 9.10. The van der Waals surface area contributed by atoms with Gasteiger partial charge in [0.05, 0.1) is 5.56 Å². The standard InChI is InChI=1S/C23H18BrNO3/c24-21-13-12-18(9-6-16-4-2-1-3-5-16)22(20(21)14-25)28-15-17-7-10-19(11-8-17)23(26)27/h1-5,7-8,10-13H,6,9,15H2,(H,26,27). The second-order valence-corrected chi connectivity index (χ2v) is 7.15. The number of ether oxygens (including phenoxy) is 1. The molecule has 5 heteroatoms. The van der Waals surface area contributed by atoms with Crippen molar-refractivity contribution in [2.75, 3.05) is 0 Å². The Morgan fingerprint density at radius 1 is 0.964 bits per heavy atom. The molecule has 3 rings (SSSR count). The summed E-state index contributed by atoms with van der Waals surface area (Å²) in [6.45, 7) is 0.253. The fraction of sp³-hybridized carbons (Fsp3) is 0.130. The third-order valence-corrected chi connectivity index (χ3v) is 5.07. The SMILES string of the molecule is N#Cc1c(Br)ccc(CCc2ccccc2)c1OCc1ccc(C(=O)O)cc1. The van der Waals surface area contributed by atoms with Gasteiger partial charge in [0.25, 0.3) is 0 Å². The molecule has 0 aliphatic heterocycles. The first-order valence-electron chi connectivity index (χ1n) is 8.79. The Morgan fingerprint density at radius 3 is 2.32 bits per heavy atom. The van der Waals surface area contributed by atoms with Gasteiger partial charge in [-0.25, -0.2) is 4.79 Å². The molecule has 0 heterocycles. The number of benzene rings is 3. The van der Waals surface area contributed by atoms with Gasteiger partial charge in [0.1, 0.15) is 24.0 Å². The van der Waals surface area contributed by atoms with Crippen LogP contribution in [0.4, 0.5) is 0 Å². The molecule has 0 atom stereocenters. The molecular formula is C23H18BrNO3. The van der Waals surface area contributed by atoms with Crippen LogP contribution in [0, 0.1) is 11.3 Å². The molecule has 28 heavy (non-hydrogen) atoms. The summed E-state index contributed by atoms with van der Waals surface area (Å²) in [5, 5.41) is 18.6. The Hall–Kier alpha value is -3.10. The molecule has 0 aliphatic carbocycles. The van der Waals surface area contributed by atoms with Crippen LogP contribution in [0.1, 0.15) is 32.6 Å². The van der Waals surface area contributed by atoms with Crippen LogP contribution in [-0.2, 0) is 19.4 Å². The maximum atomic E-state index is 11.0. The summed E-state index contributed by atoms with van der Waals surface area (Å²) in [5.74, 6) is -0.399. The van der Waals surface area contributed by atoms with Crippen molar-refractivity contribution in [1.82, 2.24) is 0 Å². The van der Waals surface area contributed by atoms with Crippen LogP contribution in [0.3, 0.4) is 0 Å². The van der Waals surface area contributed by atoms with Crippen LogP contribution in [0.25, 0.3) is 0 Å². The van der Waals surface area contributed by atoms with Crippen molar-refractivity contribution in [3.8, 4) is 11.8 Å². The second kappa shape index (κ2) is 9.20. The largest absolute Gasteiger partial charge is 0.487 e. The molecule has 0 fully saturated rings. The van der Waals surface area contributed by atoms with E-state index in [1.54, 1.807) is 24.3 Å². The first-order valence-corrected chi connectivity index (χ1v) is 9.58. The average molecular weight is 436 g/mol. The zero-order chi connectivity index (χ0) is 19.9. The minimum absolute atomic E-state index is 0.229. The Balaban J connectivity index is 1.80. The second-order valence-electron chi connectivity index (χ2n) is 6.30. The van der Waals surface area contributed by atoms with Gasteiger partial charge < -0.3 is 9.84 Å². The van der Waals surface area contributed by atoms with Crippen molar-refractivity contribution in [2.24, 2.45) is 0 Å². The van der Waals surface area contributed by atoms with Gasteiger partial charge in [0, 0.05) is 4.47 Å². The number of aryl methyl sites for hydroxylation is 2. The van der Waals surface area contributed by atoms with Crippen LogP contribution in [-0.4, -0.2) is 11.1 Å². The Labute approximate surface area is 172 Å². The van der Waals surface area contributed by atoms with E-state index in [0.717, 1.165) is 24.0 Å². The van der Waals surface area contributed by atoms with Gasteiger partial charge in [-0.05, 0) is 63.7 Å². The van der Waals surface area contributed by atoms with E-state index in [4.69, 9.17) is 9.84 Å². The van der Waals surface area contributed by atoms with Gasteiger partial charge >= 0.3 is 5.97 Å². The zero-order valence-electron chi connectivity index (χ0n) is 15.1. The molecule has 0 saturated carbocycles. The predicted octanol–water partition coefficient (Wildman–Crippen LogP) is 5.38. The molecule has 0 saturated heterocycles. The van der Waals surface area contributed by atoms with E-state index in [1.165, 1.54) is 5.56 Å². The molecule has 0 aromatic heterocycles. The van der Waals surface area contributed by atoms with E-state index in [0.29, 0.717) is 15.8 Å². The third kappa shape index (κ3) is 4.79. The highest BCUT2D eigenvalue weighted by Crippen LogP contribution is 2.32. The van der Waals surface area contributed by atoms with E-state index < -0.39 is 5.97 Å². The molecule has 3 aromatic carbocycles. The quantitative estimate of drug-likeness (QED) is 0.540. The molecule has 0 bridgehead atoms. The molecule has 3 aromatic rings. The van der Waals surface area contributed by atoms with Crippen LogP contribution in [0.5, 0.6) is 5.75 Å². The van der Waals surface area contributed by atoms with Crippen LogP contribution >= 0.6 is 15.9 Å². The summed E-state index contributed by atoms with van der Waals surface area (Å²) in [6, 6.07) is 22.7. The van der Waals surface area contributed by atoms with Crippen molar-refractivity contribution < 1.29 is 14.6 Å². The van der Waals surface area contributed by atoms with Gasteiger partial charge in [-0.2, -0.15) is 5.26 Å². The number of nitriles is 1. The van der Waals surface area contributed by atoms with Gasteiger partial charge in [-0.15, -0.1) is 0 Å². The number of hydrogen-bond acceptors (Lipinski definition) is 3. The normalized spacial score (nSPS) is 10.3. The zero-order valence-corrected chi connectivity index (χ0v) is 16.6. The Morgan fingerprint density at radius 2 is 1.68 bits per heavy atom. The van der Waals surface area contributed by atoms with E-state index in [1.807, 2.05) is 30.3 Å². The maximum Gasteiger partial charge on any atom is 0.335 e. The predicted molar refractivity (Wildman–Crippen MR) is 110 cm³/mol. The van der Waals surface area contributed by atoms with Crippen molar-refractivity contribution >= 4 is 21.9 Å². The third-order valence-electron chi connectivity index (χ3n) is 4.41. The number of carbonyl (C=O) groups is 1. The number of carboxylic acid groups (broad SMARTS) is 1. The van der Waals surface area contributed by atoms with E-state index in [9.17, 15) is 10.1 Å². The summed E-state index contributed by atoms with van der Waals surface area (Å²) in [7, 11) is 0. The van der Waals surface area contributed by atoms with Crippen molar-refractivity contribution in [3.05, 3.63) is 99.0 Å². The number of hydrogen-bond donors (Lipinski definition) is 1. The number of nitrogens with zero attached hydrogens (tertiary/aromatic N) is 1. The topological polar surface area (TPSA) is 70.3 Å². The lowest BCUT2D eigenvalue weighted by Crippen LogP contribution is -2.03. The highest BCUT2D eigenvalue weighted by atomic mass is 79.9. The average Bonchev–Trinajstić information content (AvgIpc) is 2.72. The molecule has 4 nitrogen and oxygen atoms in total. The Bertz CT molecular complexity index is 1010. The van der Waals surface area contributed by atoms with Gasteiger partial charge in [0.15, 0.2) is 0 Å². The highest BCUT2D eigenvalue weighted by Gasteiger charge is 2.14. The fourth-order valence-electron chi connectivity index (χ4n) is 2.89. The van der Waals surface area contributed by atoms with Crippen molar-refractivity contribution in [2.45, 2.75) is 19.4 Å². The maximum absolute atomic E-state index is 11.0. The minimum Gasteiger partial charge on any atom is -0.487 e. The lowest BCUT2D eigenvalue weighted by molar-refractivity contribution is 0.0697. The molecule has 140 valence electrons. The number of carboxylic acids is 1. The van der Waals surface area contributed by atoms with E-state index in [-0.39, 0.29) is 12.2 Å². The van der Waals surface area contributed by atoms with E-state index >= 15 is 0 Å². The van der Waals surface area contributed by atoms with Gasteiger partial charge in [-0.1, -0.05) is 48.5 Å². The summed E-state index contributed by atoms with van der Waals surface area (Å²) < 4.78 is 6.70. The molecule has 0 unspecified atom stereocenters. The summed E-state index contributed by atoms with van der Waals surface area (Å²) in [4.78, 5) is 11.0. The van der Waals surface area contributed by atoms with Crippen molar-refractivity contribution in [3.63, 3.8) is 0 Å². The fourth-order valence-corrected chi connectivity index (χ4v) is 3.29. The number of aromatic carboxylic acids is 1. The first kappa shape index (κ1) is 19.7. The van der Waals surface area contributed by atoms with Gasteiger partial charge in [-0.3, -0.25) is 0 Å². The summed E-state index contributed by atoms with van der Waals surface area (Å²) in [5.41, 5.74) is 3.72. The monoisotopic (exact) mass is 435 g/mol. The minimum atomic E-state index is -0.963. The molecule has 1 N–H and O–H groups in total.